The van der Waals surface area contributed by atoms with Crippen molar-refractivity contribution in [1.82, 2.24) is 4.90 Å². The number of carboxylic acid groups (broad SMARTS) is 1. The molecule has 1 amide bonds. The van der Waals surface area contributed by atoms with Crippen molar-refractivity contribution in [1.29, 1.82) is 0 Å². The Morgan fingerprint density at radius 2 is 1.17 bits per heavy atom. The van der Waals surface area contributed by atoms with Crippen molar-refractivity contribution in [2.45, 2.75) is 142 Å². The van der Waals surface area contributed by atoms with Crippen LogP contribution in [-0.4, -0.2) is 40.1 Å². The zero-order chi connectivity index (χ0) is 25.6. The quantitative estimate of drug-likeness (QED) is 0.111. The molecule has 0 aromatic heterocycles. The second-order valence-electron chi connectivity index (χ2n) is 9.93. The Labute approximate surface area is 219 Å². The summed E-state index contributed by atoms with van der Waals surface area (Å²) in [5.74, 6) is -1.27. The van der Waals surface area contributed by atoms with Crippen LogP contribution >= 0.6 is 11.8 Å². The number of carbonyl (C=O) groups is 2. The van der Waals surface area contributed by atoms with Crippen LogP contribution in [0.25, 0.3) is 0 Å². The average molecular weight is 509 g/mol. The molecule has 0 atom stereocenters. The first kappa shape index (κ1) is 31.7. The van der Waals surface area contributed by atoms with Gasteiger partial charge in [-0.05, 0) is 24.6 Å². The molecule has 0 bridgehead atoms. The molecule has 202 valence electrons. The normalized spacial score (nSPS) is 16.2. The number of amides is 1. The lowest BCUT2D eigenvalue weighted by Gasteiger charge is -2.15. The number of thioether (sulfide) groups is 1. The fourth-order valence-electron chi connectivity index (χ4n) is 4.47. The SMILES string of the molecule is CCCCCCCCCCCC/N=C1/S/C(=C\C(=O)O)C(=O)N1CCCCCCCCCCCC. The number of aliphatic imine (C=N–C) groups is 1. The molecule has 0 radical (unpaired) electrons. The number of rotatable bonds is 23. The van der Waals surface area contributed by atoms with Crippen molar-refractivity contribution in [2.24, 2.45) is 4.99 Å². The Hall–Kier alpha value is -1.30. The molecule has 1 heterocycles. The van der Waals surface area contributed by atoms with Crippen molar-refractivity contribution < 1.29 is 14.7 Å². The highest BCUT2D eigenvalue weighted by molar-refractivity contribution is 8.18. The van der Waals surface area contributed by atoms with Crippen molar-refractivity contribution in [2.75, 3.05) is 13.1 Å². The minimum Gasteiger partial charge on any atom is -0.478 e. The molecule has 1 saturated heterocycles. The van der Waals surface area contributed by atoms with Gasteiger partial charge in [0.2, 0.25) is 0 Å². The van der Waals surface area contributed by atoms with Crippen LogP contribution in [0.15, 0.2) is 16.0 Å². The van der Waals surface area contributed by atoms with Gasteiger partial charge in [-0.3, -0.25) is 14.7 Å². The van der Waals surface area contributed by atoms with Gasteiger partial charge in [-0.1, -0.05) is 129 Å². The van der Waals surface area contributed by atoms with Gasteiger partial charge in [-0.2, -0.15) is 0 Å². The van der Waals surface area contributed by atoms with Gasteiger partial charge >= 0.3 is 5.97 Å². The summed E-state index contributed by atoms with van der Waals surface area (Å²) in [6, 6.07) is 0. The maximum atomic E-state index is 12.7. The van der Waals surface area contributed by atoms with Crippen molar-refractivity contribution in [3.05, 3.63) is 11.0 Å². The molecule has 0 spiro atoms. The van der Waals surface area contributed by atoms with E-state index in [0.29, 0.717) is 18.3 Å². The lowest BCUT2D eigenvalue weighted by Crippen LogP contribution is -2.30. The van der Waals surface area contributed by atoms with Crippen LogP contribution in [-0.2, 0) is 9.59 Å². The first-order valence-corrected chi connectivity index (χ1v) is 15.4. The number of amidine groups is 1. The van der Waals surface area contributed by atoms with E-state index >= 15 is 0 Å². The Morgan fingerprint density at radius 1 is 0.743 bits per heavy atom. The summed E-state index contributed by atoms with van der Waals surface area (Å²) < 4.78 is 0. The number of unbranched alkanes of at least 4 members (excludes halogenated alkanes) is 18. The Bertz CT molecular complexity index is 633. The van der Waals surface area contributed by atoms with E-state index in [9.17, 15) is 9.59 Å². The number of aliphatic carboxylic acids is 1. The monoisotopic (exact) mass is 508 g/mol. The van der Waals surface area contributed by atoms with Crippen LogP contribution in [0.2, 0.25) is 0 Å². The molecular formula is C29H52N2O3S. The van der Waals surface area contributed by atoms with Crippen LogP contribution in [0.4, 0.5) is 0 Å². The number of carboxylic acids is 1. The second-order valence-corrected chi connectivity index (χ2v) is 10.9. The van der Waals surface area contributed by atoms with Crippen LogP contribution in [0.1, 0.15) is 142 Å². The third-order valence-electron chi connectivity index (χ3n) is 6.64. The largest absolute Gasteiger partial charge is 0.478 e. The molecule has 0 saturated carbocycles. The summed E-state index contributed by atoms with van der Waals surface area (Å²) >= 11 is 1.22. The zero-order valence-corrected chi connectivity index (χ0v) is 23.5. The maximum absolute atomic E-state index is 12.7. The maximum Gasteiger partial charge on any atom is 0.329 e. The van der Waals surface area contributed by atoms with Crippen molar-refractivity contribution >= 4 is 28.8 Å². The average Bonchev–Trinajstić information content (AvgIpc) is 3.12. The Kier molecular flexibility index (Phi) is 19.9. The molecule has 1 aliphatic rings. The van der Waals surface area contributed by atoms with Gasteiger partial charge in [0.15, 0.2) is 5.17 Å². The molecule has 0 aromatic rings. The predicted molar refractivity (Wildman–Crippen MR) is 151 cm³/mol. The molecule has 1 fully saturated rings. The standard InChI is InChI=1S/C29H52N2O3S/c1-3-5-7-9-11-13-15-17-19-21-23-30-29-31(28(34)26(35-29)25-27(32)33)24-22-20-18-16-14-12-10-8-6-4-2/h25H,3-24H2,1-2H3,(H,32,33)/b26-25-,30-29+. The van der Waals surface area contributed by atoms with Gasteiger partial charge in [-0.25, -0.2) is 4.79 Å². The molecule has 1 N–H and O–H groups in total. The fourth-order valence-corrected chi connectivity index (χ4v) is 5.46. The summed E-state index contributed by atoms with van der Waals surface area (Å²) in [5, 5.41) is 9.79. The topological polar surface area (TPSA) is 70.0 Å². The van der Waals surface area contributed by atoms with Gasteiger partial charge in [0.05, 0.1) is 4.91 Å². The minimum atomic E-state index is -1.07. The van der Waals surface area contributed by atoms with E-state index in [2.05, 4.69) is 13.8 Å². The molecule has 5 nitrogen and oxygen atoms in total. The second kappa shape index (κ2) is 21.9. The molecule has 35 heavy (non-hydrogen) atoms. The summed E-state index contributed by atoms with van der Waals surface area (Å²) in [6.45, 7) is 5.85. The highest BCUT2D eigenvalue weighted by Crippen LogP contribution is 2.31. The van der Waals surface area contributed by atoms with Gasteiger partial charge in [0.25, 0.3) is 5.91 Å². The van der Waals surface area contributed by atoms with Crippen LogP contribution in [0.3, 0.4) is 0 Å². The van der Waals surface area contributed by atoms with E-state index in [1.807, 2.05) is 0 Å². The number of nitrogens with zero attached hydrogens (tertiary/aromatic N) is 2. The predicted octanol–water partition coefficient (Wildman–Crippen LogP) is 8.73. The molecule has 1 rings (SSSR count). The fraction of sp³-hybridized carbons (Fsp3) is 0.828. The van der Waals surface area contributed by atoms with E-state index < -0.39 is 5.97 Å². The smallest absolute Gasteiger partial charge is 0.329 e. The number of hydrogen-bond donors (Lipinski definition) is 1. The van der Waals surface area contributed by atoms with Crippen LogP contribution < -0.4 is 0 Å². The first-order chi connectivity index (χ1) is 17.1. The molecule has 6 heteroatoms. The van der Waals surface area contributed by atoms with E-state index in [1.165, 1.54) is 121 Å². The van der Waals surface area contributed by atoms with E-state index in [-0.39, 0.29) is 10.8 Å². The molecule has 0 aromatic carbocycles. The summed E-state index contributed by atoms with van der Waals surface area (Å²) in [4.78, 5) is 30.5. The van der Waals surface area contributed by atoms with Crippen molar-refractivity contribution in [3.63, 3.8) is 0 Å². The third kappa shape index (κ3) is 16.1. The zero-order valence-electron chi connectivity index (χ0n) is 22.7. The lowest BCUT2D eigenvalue weighted by atomic mass is 10.1. The first-order valence-electron chi connectivity index (χ1n) is 14.6. The number of carbonyl (C=O) groups excluding carboxylic acids is 1. The van der Waals surface area contributed by atoms with Gasteiger partial charge in [0.1, 0.15) is 0 Å². The van der Waals surface area contributed by atoms with E-state index in [4.69, 9.17) is 10.1 Å². The molecule has 1 aliphatic heterocycles. The third-order valence-corrected chi connectivity index (χ3v) is 7.68. The van der Waals surface area contributed by atoms with E-state index in [1.54, 1.807) is 4.90 Å². The number of hydrogen-bond acceptors (Lipinski definition) is 4. The molecule has 0 aliphatic carbocycles. The van der Waals surface area contributed by atoms with Crippen LogP contribution in [0.5, 0.6) is 0 Å². The summed E-state index contributed by atoms with van der Waals surface area (Å²) in [5.41, 5.74) is 0. The lowest BCUT2D eigenvalue weighted by molar-refractivity contribution is -0.132. The minimum absolute atomic E-state index is 0.199. The van der Waals surface area contributed by atoms with Gasteiger partial charge < -0.3 is 5.11 Å². The van der Waals surface area contributed by atoms with Gasteiger partial charge in [0, 0.05) is 19.2 Å². The van der Waals surface area contributed by atoms with Gasteiger partial charge in [-0.15, -0.1) is 0 Å². The Balaban J connectivity index is 2.30. The van der Waals surface area contributed by atoms with Crippen molar-refractivity contribution in [3.8, 4) is 0 Å². The van der Waals surface area contributed by atoms with Crippen LogP contribution in [0, 0.1) is 0 Å². The van der Waals surface area contributed by atoms with E-state index in [0.717, 1.165) is 25.3 Å². The molecule has 0 unspecified atom stereocenters. The highest BCUT2D eigenvalue weighted by atomic mass is 32.2. The molecular weight excluding hydrogens is 456 g/mol. The summed E-state index contributed by atoms with van der Waals surface area (Å²) in [6.07, 6.45) is 26.4. The highest BCUT2D eigenvalue weighted by Gasteiger charge is 2.33. The summed E-state index contributed by atoms with van der Waals surface area (Å²) in [7, 11) is 0. The Morgan fingerprint density at radius 3 is 1.63 bits per heavy atom.